The second-order valence-corrected chi connectivity index (χ2v) is 4.50. The van der Waals surface area contributed by atoms with Crippen molar-refractivity contribution in [3.63, 3.8) is 0 Å². The van der Waals surface area contributed by atoms with Crippen molar-refractivity contribution in [1.29, 1.82) is 0 Å². The quantitative estimate of drug-likeness (QED) is 0.885. The molecule has 2 rings (SSSR count). The number of aryl methyl sites for hydroxylation is 1. The Kier molecular flexibility index (Phi) is 4.32. The summed E-state index contributed by atoms with van der Waals surface area (Å²) in [5, 5.41) is 3.18. The maximum atomic E-state index is 14.1. The molecule has 0 aliphatic rings. The fraction of sp³-hybridized carbons (Fsp3) is 0.333. The molecule has 1 unspecified atom stereocenters. The third-order valence-corrected chi connectivity index (χ3v) is 3.04. The molecule has 4 heteroatoms. The summed E-state index contributed by atoms with van der Waals surface area (Å²) in [6.45, 7) is 4.25. The Hall–Kier alpha value is -1.68. The minimum atomic E-state index is -0.815. The van der Waals surface area contributed by atoms with Crippen molar-refractivity contribution in [3.05, 3.63) is 59.1 Å². The molecule has 2 aromatic rings. The highest BCUT2D eigenvalue weighted by molar-refractivity contribution is 5.32. The van der Waals surface area contributed by atoms with Crippen LogP contribution in [0.15, 0.2) is 34.9 Å². The maximum absolute atomic E-state index is 14.1. The third kappa shape index (κ3) is 2.84. The number of hydrogen-bond donors (Lipinski definition) is 1. The van der Waals surface area contributed by atoms with E-state index in [4.69, 9.17) is 4.42 Å². The summed E-state index contributed by atoms with van der Waals surface area (Å²) in [5.74, 6) is -1.03. The average molecular weight is 265 g/mol. The van der Waals surface area contributed by atoms with Crippen LogP contribution in [0.4, 0.5) is 8.78 Å². The van der Waals surface area contributed by atoms with Crippen molar-refractivity contribution in [2.45, 2.75) is 26.3 Å². The van der Waals surface area contributed by atoms with Crippen LogP contribution in [0.5, 0.6) is 0 Å². The van der Waals surface area contributed by atoms with E-state index < -0.39 is 17.7 Å². The molecule has 0 aliphatic heterocycles. The second kappa shape index (κ2) is 5.97. The van der Waals surface area contributed by atoms with Gasteiger partial charge in [-0.3, -0.25) is 0 Å². The number of hydrogen-bond acceptors (Lipinski definition) is 2. The predicted molar refractivity (Wildman–Crippen MR) is 69.9 cm³/mol. The molecule has 0 radical (unpaired) electrons. The SMILES string of the molecule is CCCNC(c1ccco1)c1ccc(C)c(F)c1F. The van der Waals surface area contributed by atoms with Crippen LogP contribution in [0, 0.1) is 18.6 Å². The van der Waals surface area contributed by atoms with E-state index in [1.165, 1.54) is 6.26 Å². The Balaban J connectivity index is 2.41. The third-order valence-electron chi connectivity index (χ3n) is 3.04. The highest BCUT2D eigenvalue weighted by Crippen LogP contribution is 2.27. The predicted octanol–water partition coefficient (Wildman–Crippen LogP) is 3.96. The Morgan fingerprint density at radius 1 is 1.21 bits per heavy atom. The van der Waals surface area contributed by atoms with Gasteiger partial charge in [0.25, 0.3) is 0 Å². The average Bonchev–Trinajstić information content (AvgIpc) is 2.92. The molecular formula is C15H17F2NO. The molecule has 0 spiro atoms. The molecule has 1 atom stereocenters. The standard InChI is InChI=1S/C15H17F2NO/c1-3-8-18-15(12-5-4-9-19-12)11-7-6-10(2)13(16)14(11)17/h4-7,9,15,18H,3,8H2,1-2H3. The molecule has 1 aromatic heterocycles. The summed E-state index contributed by atoms with van der Waals surface area (Å²) in [7, 11) is 0. The lowest BCUT2D eigenvalue weighted by Crippen LogP contribution is -2.24. The minimum absolute atomic E-state index is 0.270. The molecule has 0 aliphatic carbocycles. The van der Waals surface area contributed by atoms with Gasteiger partial charge in [0.1, 0.15) is 5.76 Å². The van der Waals surface area contributed by atoms with Crippen LogP contribution < -0.4 is 5.32 Å². The topological polar surface area (TPSA) is 25.2 Å². The van der Waals surface area contributed by atoms with Gasteiger partial charge in [-0.15, -0.1) is 0 Å². The van der Waals surface area contributed by atoms with Crippen molar-refractivity contribution in [2.24, 2.45) is 0 Å². The van der Waals surface area contributed by atoms with Gasteiger partial charge in [0, 0.05) is 5.56 Å². The van der Waals surface area contributed by atoms with Gasteiger partial charge in [-0.2, -0.15) is 0 Å². The zero-order valence-corrected chi connectivity index (χ0v) is 11.0. The fourth-order valence-corrected chi connectivity index (χ4v) is 1.99. The van der Waals surface area contributed by atoms with Crippen LogP contribution in [0.3, 0.4) is 0 Å². The smallest absolute Gasteiger partial charge is 0.164 e. The summed E-state index contributed by atoms with van der Waals surface area (Å²) in [5.41, 5.74) is 0.571. The highest BCUT2D eigenvalue weighted by Gasteiger charge is 2.22. The molecule has 19 heavy (non-hydrogen) atoms. The Bertz CT molecular complexity index is 537. The van der Waals surface area contributed by atoms with Gasteiger partial charge in [0.2, 0.25) is 0 Å². The molecule has 0 bridgehead atoms. The van der Waals surface area contributed by atoms with Crippen molar-refractivity contribution in [2.75, 3.05) is 6.54 Å². The first kappa shape index (κ1) is 13.7. The van der Waals surface area contributed by atoms with E-state index >= 15 is 0 Å². The van der Waals surface area contributed by atoms with Gasteiger partial charge >= 0.3 is 0 Å². The number of rotatable bonds is 5. The summed E-state index contributed by atoms with van der Waals surface area (Å²) in [4.78, 5) is 0. The largest absolute Gasteiger partial charge is 0.467 e. The molecule has 0 fully saturated rings. The summed E-state index contributed by atoms with van der Waals surface area (Å²) in [6, 6.07) is 6.20. The van der Waals surface area contributed by atoms with Gasteiger partial charge in [-0.25, -0.2) is 8.78 Å². The number of benzene rings is 1. The number of furan rings is 1. The zero-order valence-electron chi connectivity index (χ0n) is 11.0. The van der Waals surface area contributed by atoms with Crippen molar-refractivity contribution < 1.29 is 13.2 Å². The minimum Gasteiger partial charge on any atom is -0.467 e. The van der Waals surface area contributed by atoms with Crippen LogP contribution >= 0.6 is 0 Å². The van der Waals surface area contributed by atoms with E-state index in [1.807, 2.05) is 6.92 Å². The van der Waals surface area contributed by atoms with E-state index in [1.54, 1.807) is 31.2 Å². The zero-order chi connectivity index (χ0) is 13.8. The van der Waals surface area contributed by atoms with Crippen LogP contribution in [0.1, 0.15) is 36.3 Å². The van der Waals surface area contributed by atoms with E-state index in [9.17, 15) is 8.78 Å². The normalized spacial score (nSPS) is 12.6. The summed E-state index contributed by atoms with van der Waals surface area (Å²) in [6.07, 6.45) is 2.42. The van der Waals surface area contributed by atoms with E-state index in [0.29, 0.717) is 17.9 Å². The van der Waals surface area contributed by atoms with Crippen LogP contribution in [0.2, 0.25) is 0 Å². The number of nitrogens with one attached hydrogen (secondary N) is 1. The van der Waals surface area contributed by atoms with Crippen LogP contribution in [-0.4, -0.2) is 6.54 Å². The van der Waals surface area contributed by atoms with E-state index in [0.717, 1.165) is 6.42 Å². The Morgan fingerprint density at radius 3 is 2.63 bits per heavy atom. The van der Waals surface area contributed by atoms with E-state index in [2.05, 4.69) is 5.32 Å². The molecule has 2 nitrogen and oxygen atoms in total. The lowest BCUT2D eigenvalue weighted by atomic mass is 10.0. The number of halogens is 2. The van der Waals surface area contributed by atoms with Gasteiger partial charge in [0.05, 0.1) is 12.3 Å². The summed E-state index contributed by atoms with van der Waals surface area (Å²) < 4.78 is 33.1. The van der Waals surface area contributed by atoms with Gasteiger partial charge in [-0.1, -0.05) is 19.1 Å². The first-order valence-corrected chi connectivity index (χ1v) is 6.36. The van der Waals surface area contributed by atoms with Crippen LogP contribution in [-0.2, 0) is 0 Å². The maximum Gasteiger partial charge on any atom is 0.164 e. The van der Waals surface area contributed by atoms with E-state index in [-0.39, 0.29) is 5.56 Å². The first-order valence-electron chi connectivity index (χ1n) is 6.36. The van der Waals surface area contributed by atoms with Gasteiger partial charge in [-0.05, 0) is 37.6 Å². The molecule has 0 amide bonds. The molecule has 1 N–H and O–H groups in total. The lowest BCUT2D eigenvalue weighted by molar-refractivity contribution is 0.424. The molecule has 1 aromatic carbocycles. The molecule has 0 saturated carbocycles. The van der Waals surface area contributed by atoms with Gasteiger partial charge < -0.3 is 9.73 Å². The van der Waals surface area contributed by atoms with Gasteiger partial charge in [0.15, 0.2) is 11.6 Å². The molecule has 102 valence electrons. The van der Waals surface area contributed by atoms with Crippen molar-refractivity contribution in [3.8, 4) is 0 Å². The highest BCUT2D eigenvalue weighted by atomic mass is 19.2. The monoisotopic (exact) mass is 265 g/mol. The molecular weight excluding hydrogens is 248 g/mol. The fourth-order valence-electron chi connectivity index (χ4n) is 1.99. The lowest BCUT2D eigenvalue weighted by Gasteiger charge is -2.18. The molecule has 0 saturated heterocycles. The first-order chi connectivity index (χ1) is 9.15. The van der Waals surface area contributed by atoms with Crippen molar-refractivity contribution >= 4 is 0 Å². The second-order valence-electron chi connectivity index (χ2n) is 4.50. The molecule has 1 heterocycles. The Morgan fingerprint density at radius 2 is 2.00 bits per heavy atom. The van der Waals surface area contributed by atoms with Crippen LogP contribution in [0.25, 0.3) is 0 Å². The summed E-state index contributed by atoms with van der Waals surface area (Å²) >= 11 is 0. The van der Waals surface area contributed by atoms with Crippen molar-refractivity contribution in [1.82, 2.24) is 5.32 Å². The Labute approximate surface area is 111 Å².